The van der Waals surface area contributed by atoms with E-state index >= 15 is 0 Å². The van der Waals surface area contributed by atoms with Crippen molar-refractivity contribution in [3.63, 3.8) is 0 Å². The average molecular weight is 564 g/mol. The van der Waals surface area contributed by atoms with Crippen LogP contribution < -0.4 is 5.46 Å². The molecule has 0 bridgehead atoms. The molecule has 0 atom stereocenters. The van der Waals surface area contributed by atoms with Crippen LogP contribution in [0.3, 0.4) is 0 Å². The molecule has 0 spiro atoms. The van der Waals surface area contributed by atoms with E-state index in [-0.39, 0.29) is 11.6 Å². The molecule has 0 fully saturated rings. The van der Waals surface area contributed by atoms with E-state index in [1.165, 1.54) is 0 Å². The molecule has 34 heavy (non-hydrogen) atoms. The number of ketones is 2. The average Bonchev–Trinajstić information content (AvgIpc) is 2.86. The van der Waals surface area contributed by atoms with Gasteiger partial charge >= 0.3 is 7.12 Å². The fourth-order valence-electron chi connectivity index (χ4n) is 2.88. The van der Waals surface area contributed by atoms with Crippen molar-refractivity contribution >= 4 is 46.7 Å². The van der Waals surface area contributed by atoms with Crippen molar-refractivity contribution in [1.29, 1.82) is 0 Å². The number of halogens is 1. The van der Waals surface area contributed by atoms with Crippen molar-refractivity contribution in [2.75, 3.05) is 0 Å². The van der Waals surface area contributed by atoms with Crippen molar-refractivity contribution in [3.8, 4) is 11.1 Å². The lowest BCUT2D eigenvalue weighted by atomic mass is 9.81. The van der Waals surface area contributed by atoms with Crippen LogP contribution in [-0.2, 0) is 0 Å². The third-order valence-corrected chi connectivity index (χ3v) is 5.38. The number of benzene rings is 4. The van der Waals surface area contributed by atoms with E-state index in [2.05, 4.69) is 22.6 Å². The molecular formula is C28H26BIO4. The Hall–Kier alpha value is -3.07. The highest BCUT2D eigenvalue weighted by Gasteiger charge is 2.07. The van der Waals surface area contributed by atoms with Crippen LogP contribution in [-0.4, -0.2) is 28.7 Å². The van der Waals surface area contributed by atoms with Crippen molar-refractivity contribution in [2.45, 2.75) is 13.8 Å². The summed E-state index contributed by atoms with van der Waals surface area (Å²) in [4.78, 5) is 22.0. The molecule has 0 aliphatic heterocycles. The number of carbonyl (C=O) groups excluding carboxylic acids is 2. The molecule has 0 aromatic heterocycles. The first kappa shape index (κ1) is 27.2. The SMILES string of the molecule is CC(=O)c1cccc(-c2ccccc2)c1.CC(=O)c1cccc(I)c1.OB(O)c1ccccc1. The van der Waals surface area contributed by atoms with Gasteiger partial charge in [-0.2, -0.15) is 0 Å². The summed E-state index contributed by atoms with van der Waals surface area (Å²) in [7, 11) is -1.34. The van der Waals surface area contributed by atoms with Crippen LogP contribution in [0, 0.1) is 3.57 Å². The normalized spacial score (nSPS) is 9.56. The Morgan fingerprint density at radius 1 is 0.618 bits per heavy atom. The van der Waals surface area contributed by atoms with Gasteiger partial charge in [-0.1, -0.05) is 91.0 Å². The van der Waals surface area contributed by atoms with Gasteiger partial charge < -0.3 is 10.0 Å². The number of carbonyl (C=O) groups is 2. The van der Waals surface area contributed by atoms with Crippen LogP contribution in [0.5, 0.6) is 0 Å². The maximum absolute atomic E-state index is 11.2. The predicted molar refractivity (Wildman–Crippen MR) is 147 cm³/mol. The first-order valence-corrected chi connectivity index (χ1v) is 11.7. The van der Waals surface area contributed by atoms with E-state index in [4.69, 9.17) is 10.0 Å². The monoisotopic (exact) mass is 564 g/mol. The molecule has 0 radical (unpaired) electrons. The molecule has 0 aliphatic rings. The smallest absolute Gasteiger partial charge is 0.423 e. The van der Waals surface area contributed by atoms with Crippen LogP contribution in [0.15, 0.2) is 109 Å². The predicted octanol–water partition coefficient (Wildman–Crippen LogP) is 5.42. The molecule has 4 aromatic rings. The third kappa shape index (κ3) is 9.43. The van der Waals surface area contributed by atoms with Crippen molar-refractivity contribution < 1.29 is 19.6 Å². The van der Waals surface area contributed by atoms with Gasteiger partial charge in [-0.3, -0.25) is 9.59 Å². The number of rotatable bonds is 4. The zero-order valence-corrected chi connectivity index (χ0v) is 21.2. The van der Waals surface area contributed by atoms with Crippen LogP contribution >= 0.6 is 22.6 Å². The lowest BCUT2D eigenvalue weighted by molar-refractivity contribution is 0.100. The minimum absolute atomic E-state index is 0.104. The lowest BCUT2D eigenvalue weighted by Gasteiger charge is -2.02. The summed E-state index contributed by atoms with van der Waals surface area (Å²) in [5, 5.41) is 17.2. The summed E-state index contributed by atoms with van der Waals surface area (Å²) in [6.07, 6.45) is 0. The fourth-order valence-corrected chi connectivity index (χ4v) is 3.42. The summed E-state index contributed by atoms with van der Waals surface area (Å²) < 4.78 is 1.10. The Morgan fingerprint density at radius 2 is 1.09 bits per heavy atom. The van der Waals surface area contributed by atoms with Gasteiger partial charge in [-0.05, 0) is 71.2 Å². The molecule has 4 nitrogen and oxygen atoms in total. The topological polar surface area (TPSA) is 74.6 Å². The van der Waals surface area contributed by atoms with Crippen molar-refractivity contribution in [1.82, 2.24) is 0 Å². The Labute approximate surface area is 214 Å². The number of Topliss-reactive ketones (excluding diaryl/α,β-unsaturated/α-hetero) is 2. The van der Waals surface area contributed by atoms with Crippen molar-refractivity contribution in [3.05, 3.63) is 124 Å². The van der Waals surface area contributed by atoms with Gasteiger partial charge in [0, 0.05) is 14.7 Å². The molecule has 2 N–H and O–H groups in total. The minimum atomic E-state index is -1.34. The third-order valence-electron chi connectivity index (χ3n) is 4.71. The van der Waals surface area contributed by atoms with Crippen LogP contribution in [0.1, 0.15) is 34.6 Å². The number of hydrogen-bond acceptors (Lipinski definition) is 4. The van der Waals surface area contributed by atoms with Crippen LogP contribution in [0.25, 0.3) is 11.1 Å². The molecule has 0 saturated carbocycles. The fraction of sp³-hybridized carbons (Fsp3) is 0.0714. The highest BCUT2D eigenvalue weighted by atomic mass is 127. The van der Waals surface area contributed by atoms with E-state index in [0.29, 0.717) is 5.46 Å². The molecule has 4 rings (SSSR count). The summed E-state index contributed by atoms with van der Waals surface area (Å²) in [5.41, 5.74) is 4.30. The molecule has 172 valence electrons. The quantitative estimate of drug-likeness (QED) is 0.198. The van der Waals surface area contributed by atoms with Gasteiger partial charge in [0.1, 0.15) is 0 Å². The summed E-state index contributed by atoms with van der Waals surface area (Å²) >= 11 is 2.19. The Balaban J connectivity index is 0.000000189. The largest absolute Gasteiger partial charge is 0.488 e. The molecule has 4 aromatic carbocycles. The highest BCUT2D eigenvalue weighted by molar-refractivity contribution is 14.1. The Morgan fingerprint density at radius 3 is 1.53 bits per heavy atom. The van der Waals surface area contributed by atoms with Gasteiger partial charge in [0.05, 0.1) is 0 Å². The van der Waals surface area contributed by atoms with Gasteiger partial charge in [-0.15, -0.1) is 0 Å². The van der Waals surface area contributed by atoms with Crippen LogP contribution in [0.2, 0.25) is 0 Å². The molecular weight excluding hydrogens is 538 g/mol. The lowest BCUT2D eigenvalue weighted by Crippen LogP contribution is -2.29. The molecule has 0 saturated heterocycles. The minimum Gasteiger partial charge on any atom is -0.423 e. The van der Waals surface area contributed by atoms with Gasteiger partial charge in [0.25, 0.3) is 0 Å². The zero-order valence-electron chi connectivity index (χ0n) is 19.1. The Bertz CT molecular complexity index is 1200. The van der Waals surface area contributed by atoms with E-state index in [1.54, 1.807) is 38.1 Å². The van der Waals surface area contributed by atoms with E-state index in [0.717, 1.165) is 25.8 Å². The van der Waals surface area contributed by atoms with Crippen molar-refractivity contribution in [2.24, 2.45) is 0 Å². The second-order valence-corrected chi connectivity index (χ2v) is 8.60. The van der Waals surface area contributed by atoms with Gasteiger partial charge in [0.15, 0.2) is 11.6 Å². The maximum Gasteiger partial charge on any atom is 0.488 e. The van der Waals surface area contributed by atoms with Gasteiger partial charge in [0.2, 0.25) is 0 Å². The summed E-state index contributed by atoms with van der Waals surface area (Å²) in [5.74, 6) is 0.228. The molecule has 0 aliphatic carbocycles. The summed E-state index contributed by atoms with van der Waals surface area (Å²) in [6, 6.07) is 34.0. The summed E-state index contributed by atoms with van der Waals surface area (Å²) in [6.45, 7) is 3.16. The highest BCUT2D eigenvalue weighted by Crippen LogP contribution is 2.20. The van der Waals surface area contributed by atoms with Crippen LogP contribution in [0.4, 0.5) is 0 Å². The molecule has 0 heterocycles. The first-order chi connectivity index (χ1) is 16.3. The van der Waals surface area contributed by atoms with E-state index in [1.807, 2.05) is 84.9 Å². The standard InChI is InChI=1S/C14H12O.C8H7IO.C6H7BO2/c1-11(15)13-8-5-9-14(10-13)12-6-3-2-4-7-12;1-6(10)7-3-2-4-8(9)5-7;8-7(9)6-4-2-1-3-5-6/h2-10H,1H3;2-5H,1H3;1-5,8-9H. The molecule has 0 amide bonds. The van der Waals surface area contributed by atoms with E-state index < -0.39 is 7.12 Å². The second-order valence-electron chi connectivity index (χ2n) is 7.35. The first-order valence-electron chi connectivity index (χ1n) is 10.6. The second kappa shape index (κ2) is 14.3. The Kier molecular flexibility index (Phi) is 11.4. The zero-order chi connectivity index (χ0) is 24.9. The van der Waals surface area contributed by atoms with E-state index in [9.17, 15) is 9.59 Å². The maximum atomic E-state index is 11.2. The molecule has 0 unspecified atom stereocenters. The number of hydrogen-bond donors (Lipinski definition) is 2. The van der Waals surface area contributed by atoms with Gasteiger partial charge in [-0.25, -0.2) is 0 Å². The molecule has 6 heteroatoms.